The topological polar surface area (TPSA) is 261 Å². The van der Waals surface area contributed by atoms with Crippen LogP contribution in [0.4, 0.5) is 0 Å². The van der Waals surface area contributed by atoms with Crippen molar-refractivity contribution in [2.75, 3.05) is 33.5 Å². The molecule has 502 valence electrons. The van der Waals surface area contributed by atoms with Crippen LogP contribution >= 0.6 is 7.82 Å². The van der Waals surface area contributed by atoms with Gasteiger partial charge in [-0.15, -0.1) is 0 Å². The number of rotatable bonds is 57. The predicted molar refractivity (Wildman–Crippen MR) is 337 cm³/mol. The lowest BCUT2D eigenvalue weighted by Crippen LogP contribution is -2.67. The summed E-state index contributed by atoms with van der Waals surface area (Å²) < 4.78 is 55.4. The third kappa shape index (κ3) is 38.6. The van der Waals surface area contributed by atoms with Crippen molar-refractivity contribution in [3.8, 4) is 0 Å². The lowest BCUT2D eigenvalue weighted by atomic mass is 9.94. The molecule has 2 amide bonds. The molecule has 2 aliphatic rings. The molecule has 0 aliphatic carbocycles. The number of methoxy groups -OCH3 is 1. The largest absolute Gasteiger partial charge is 0.472 e. The molecule has 18 nitrogen and oxygen atoms in total. The van der Waals surface area contributed by atoms with Crippen LogP contribution in [0.15, 0.2) is 12.2 Å². The van der Waals surface area contributed by atoms with Crippen LogP contribution in [0.2, 0.25) is 0 Å². The fourth-order valence-corrected chi connectivity index (χ4v) is 12.0. The van der Waals surface area contributed by atoms with Gasteiger partial charge in [-0.1, -0.05) is 226 Å². The summed E-state index contributed by atoms with van der Waals surface area (Å²) in [5.74, 6) is -0.827. The molecule has 0 bridgehead atoms. The Kier molecular flexibility index (Phi) is 48.7. The summed E-state index contributed by atoms with van der Waals surface area (Å²) in [6, 6.07) is -2.50. The molecule has 0 spiro atoms. The number of ether oxygens (including phenoxy) is 6. The number of amides is 2. The summed E-state index contributed by atoms with van der Waals surface area (Å²) in [4.78, 5) is 48.4. The molecule has 2 heterocycles. The average Bonchev–Trinajstić information content (AvgIpc) is 1.98. The molecule has 0 aromatic heterocycles. The number of aliphatic hydroxyl groups is 4. The zero-order valence-electron chi connectivity index (χ0n) is 54.1. The van der Waals surface area contributed by atoms with E-state index in [2.05, 4.69) is 50.5 Å². The van der Waals surface area contributed by atoms with Crippen LogP contribution in [-0.2, 0) is 47.1 Å². The maximum Gasteiger partial charge on any atom is 0.472 e. The molecule has 0 saturated carbocycles. The molecular weight excluding hydrogens is 1110 g/mol. The summed E-state index contributed by atoms with van der Waals surface area (Å²) in [5, 5.41) is 51.0. The van der Waals surface area contributed by atoms with Crippen molar-refractivity contribution in [3.05, 3.63) is 12.2 Å². The number of allylic oxidation sites excluding steroid dienone is 2. The fourth-order valence-electron chi connectivity index (χ4n) is 11.6. The van der Waals surface area contributed by atoms with E-state index in [9.17, 15) is 44.4 Å². The summed E-state index contributed by atoms with van der Waals surface area (Å²) >= 11 is 0. The highest BCUT2D eigenvalue weighted by molar-refractivity contribution is 7.46. The lowest BCUT2D eigenvalue weighted by Gasteiger charge is -2.47. The molecule has 2 aliphatic heterocycles. The summed E-state index contributed by atoms with van der Waals surface area (Å²) in [6.45, 7) is 8.12. The molecule has 0 aromatic carbocycles. The van der Waals surface area contributed by atoms with Gasteiger partial charge in [-0.2, -0.15) is 0 Å². The van der Waals surface area contributed by atoms with Crippen LogP contribution in [-0.4, -0.2) is 149 Å². The Bertz CT molecular complexity index is 1660. The molecule has 2 saturated heterocycles. The van der Waals surface area contributed by atoms with E-state index >= 15 is 0 Å². The Hall–Kier alpha value is -1.61. The Morgan fingerprint density at radius 1 is 0.529 bits per heavy atom. The second kappa shape index (κ2) is 52.1. The van der Waals surface area contributed by atoms with Gasteiger partial charge < -0.3 is 69.3 Å². The van der Waals surface area contributed by atoms with Gasteiger partial charge in [-0.25, -0.2) is 4.57 Å². The monoisotopic (exact) mass is 1230 g/mol. The number of hydrogen-bond donors (Lipinski definition) is 8. The Labute approximate surface area is 515 Å². The minimum absolute atomic E-state index is 0.0162. The first kappa shape index (κ1) is 79.5. The van der Waals surface area contributed by atoms with Crippen molar-refractivity contribution in [1.82, 2.24) is 10.6 Å². The normalized spacial score (nSPS) is 23.6. The van der Waals surface area contributed by atoms with Crippen LogP contribution in [0.5, 0.6) is 0 Å². The van der Waals surface area contributed by atoms with Gasteiger partial charge in [-0.05, 0) is 64.2 Å². The van der Waals surface area contributed by atoms with Gasteiger partial charge in [0.15, 0.2) is 12.6 Å². The first-order chi connectivity index (χ1) is 41.2. The zero-order chi connectivity index (χ0) is 62.2. The number of phosphoric ester groups is 1. The van der Waals surface area contributed by atoms with E-state index in [1.54, 1.807) is 7.11 Å². The fraction of sp³-hybridized carbons (Fsp3) is 0.939. The van der Waals surface area contributed by atoms with Crippen molar-refractivity contribution >= 4 is 19.6 Å². The summed E-state index contributed by atoms with van der Waals surface area (Å²) in [5.41, 5.74) is 0. The molecule has 19 heteroatoms. The zero-order valence-corrected chi connectivity index (χ0v) is 55.0. The third-order valence-corrected chi connectivity index (χ3v) is 17.3. The Morgan fingerprint density at radius 2 is 0.965 bits per heavy atom. The van der Waals surface area contributed by atoms with E-state index in [0.717, 1.165) is 128 Å². The van der Waals surface area contributed by atoms with E-state index in [-0.39, 0.29) is 51.4 Å². The number of hydrogen-bond acceptors (Lipinski definition) is 14. The Balaban J connectivity index is 2.33. The van der Waals surface area contributed by atoms with Crippen molar-refractivity contribution < 1.29 is 77.3 Å². The van der Waals surface area contributed by atoms with E-state index in [1.807, 2.05) is 0 Å². The standard InChI is InChI=1S/C66H127N2O16P/c1-6-10-14-18-21-24-25-26-27-28-29-31-33-37-41-45-57(71)67-59-63(80-50-47-53(70)43-39-35-17-13-9-4)61(73)55(46-48-69)82-65(59)81-52-56-62(74)64(79-49-42-38-34-23-20-16-12-8-3)60(66(83-56)84-85(75,76)77)68-58(72)51-54(78-5)44-40-36-32-30-22-19-15-11-7-2/h24-25,53-56,59-66,69-70,73-74H,6-23,26-52H2,1-5H3,(H,67,71)(H,68,72)(H2,75,76,77)/b25-24-/t53?,54?,55-,56-,59-,60-,61-,62-,63-,64-,65-,66-/m1/s1. The molecule has 2 rings (SSSR count). The summed E-state index contributed by atoms with van der Waals surface area (Å²) in [6.07, 6.45) is 32.4. The van der Waals surface area contributed by atoms with Crippen molar-refractivity contribution in [2.45, 2.75) is 364 Å². The third-order valence-electron chi connectivity index (χ3n) is 16.8. The highest BCUT2D eigenvalue weighted by Crippen LogP contribution is 2.41. The quantitative estimate of drug-likeness (QED) is 0.0160. The molecular formula is C66H127N2O16P. The van der Waals surface area contributed by atoms with Gasteiger partial charge in [0.1, 0.15) is 42.6 Å². The van der Waals surface area contributed by atoms with Gasteiger partial charge >= 0.3 is 7.82 Å². The minimum atomic E-state index is -5.31. The number of carbonyl (C=O) groups excluding carboxylic acids is 2. The van der Waals surface area contributed by atoms with Gasteiger partial charge in [0, 0.05) is 33.4 Å². The average molecular weight is 1240 g/mol. The van der Waals surface area contributed by atoms with Crippen LogP contribution < -0.4 is 10.6 Å². The van der Waals surface area contributed by atoms with E-state index in [0.29, 0.717) is 25.7 Å². The lowest BCUT2D eigenvalue weighted by molar-refractivity contribution is -0.300. The number of unbranched alkanes of at least 4 members (excludes halogenated alkanes) is 30. The molecule has 8 N–H and O–H groups in total. The minimum Gasteiger partial charge on any atom is -0.396 e. The van der Waals surface area contributed by atoms with Gasteiger partial charge in [0.05, 0.1) is 31.3 Å². The second-order valence-corrected chi connectivity index (χ2v) is 25.7. The van der Waals surface area contributed by atoms with Crippen LogP contribution in [0.1, 0.15) is 291 Å². The number of carbonyl (C=O) groups is 2. The molecule has 0 aromatic rings. The maximum atomic E-state index is 13.9. The first-order valence-electron chi connectivity index (χ1n) is 34.5. The van der Waals surface area contributed by atoms with Crippen molar-refractivity contribution in [1.29, 1.82) is 0 Å². The number of phosphoric acid groups is 1. The van der Waals surface area contributed by atoms with Crippen molar-refractivity contribution in [2.24, 2.45) is 0 Å². The van der Waals surface area contributed by atoms with E-state index in [4.69, 9.17) is 32.9 Å². The second-order valence-electron chi connectivity index (χ2n) is 24.5. The van der Waals surface area contributed by atoms with Gasteiger partial charge in [0.25, 0.3) is 0 Å². The highest BCUT2D eigenvalue weighted by atomic mass is 31.2. The molecule has 2 unspecified atom stereocenters. The molecule has 2 fully saturated rings. The van der Waals surface area contributed by atoms with Crippen molar-refractivity contribution in [3.63, 3.8) is 0 Å². The SMILES string of the molecule is CCCCCC/C=C\CCCCCCCCCC(=O)N[C@H]1[C@H](OC[C@H]2O[C@H](OP(=O)(O)O)[C@H](NC(=O)CC(CCCCCCCCCCC)OC)[C@@H](OCCCCCCCCCC)[C@@H]2O)O[C@H](CCO)[C@@H](O)[C@@H]1OCCC(O)CCCCCCC. The number of aliphatic hydroxyl groups excluding tert-OH is 4. The van der Waals surface area contributed by atoms with Crippen LogP contribution in [0.3, 0.4) is 0 Å². The predicted octanol–water partition coefficient (Wildman–Crippen LogP) is 13.0. The molecule has 85 heavy (non-hydrogen) atoms. The van der Waals surface area contributed by atoms with Crippen LogP contribution in [0.25, 0.3) is 0 Å². The van der Waals surface area contributed by atoms with Gasteiger partial charge in [-0.3, -0.25) is 14.1 Å². The summed E-state index contributed by atoms with van der Waals surface area (Å²) in [7, 11) is -3.76. The van der Waals surface area contributed by atoms with E-state index in [1.165, 1.54) is 83.5 Å². The Morgan fingerprint density at radius 3 is 1.49 bits per heavy atom. The smallest absolute Gasteiger partial charge is 0.396 e. The highest BCUT2D eigenvalue weighted by Gasteiger charge is 2.51. The molecule has 12 atom stereocenters. The first-order valence-corrected chi connectivity index (χ1v) is 36.1. The maximum absolute atomic E-state index is 13.9. The molecule has 0 radical (unpaired) electrons. The van der Waals surface area contributed by atoms with E-state index < -0.39 is 93.8 Å². The van der Waals surface area contributed by atoms with Crippen LogP contribution in [0, 0.1) is 0 Å². The van der Waals surface area contributed by atoms with Gasteiger partial charge in [0.2, 0.25) is 11.8 Å². The number of nitrogens with one attached hydrogen (secondary N) is 2.